The zero-order chi connectivity index (χ0) is 13.4. The van der Waals surface area contributed by atoms with Crippen molar-refractivity contribution in [3.63, 3.8) is 0 Å². The lowest BCUT2D eigenvalue weighted by Crippen LogP contribution is -1.68. The number of benzene rings is 1. The fraction of sp³-hybridized carbons (Fsp3) is 0.143. The Kier molecular flexibility index (Phi) is 3.39. The molecule has 0 radical (unpaired) electrons. The quantitative estimate of drug-likeness (QED) is 0.474. The van der Waals surface area contributed by atoms with E-state index in [2.05, 4.69) is 29.5 Å². The van der Waals surface area contributed by atoms with E-state index in [9.17, 15) is 0 Å². The predicted molar refractivity (Wildman–Crippen MR) is 84.8 cm³/mol. The second-order valence-electron chi connectivity index (χ2n) is 4.29. The summed E-state index contributed by atoms with van der Waals surface area (Å²) in [5.41, 5.74) is 3.36. The van der Waals surface area contributed by atoms with E-state index >= 15 is 0 Å². The molecule has 96 valence electrons. The van der Waals surface area contributed by atoms with Crippen LogP contribution in [-0.2, 0) is 0 Å². The van der Waals surface area contributed by atoms with E-state index in [0.717, 1.165) is 10.7 Å². The third-order valence-electron chi connectivity index (χ3n) is 2.91. The molecule has 1 aromatic carbocycles. The van der Waals surface area contributed by atoms with Crippen LogP contribution in [0, 0.1) is 13.8 Å². The SMILES string of the molecule is Cc1csc2sc(N=Nc3ccc(Cl)cc3)c(C)c12. The van der Waals surface area contributed by atoms with Crippen LogP contribution in [0.1, 0.15) is 11.1 Å². The van der Waals surface area contributed by atoms with Crippen molar-refractivity contribution in [2.45, 2.75) is 13.8 Å². The molecule has 0 aliphatic rings. The molecule has 3 rings (SSSR count). The smallest absolute Gasteiger partial charge is 0.143 e. The Morgan fingerprint density at radius 3 is 2.47 bits per heavy atom. The van der Waals surface area contributed by atoms with Crippen LogP contribution in [0.3, 0.4) is 0 Å². The molecule has 0 bridgehead atoms. The molecule has 0 saturated heterocycles. The van der Waals surface area contributed by atoms with E-state index in [0.29, 0.717) is 5.02 Å². The molecule has 0 unspecified atom stereocenters. The minimum atomic E-state index is 0.711. The summed E-state index contributed by atoms with van der Waals surface area (Å²) < 4.78 is 1.32. The number of aryl methyl sites for hydroxylation is 2. The number of rotatable bonds is 2. The summed E-state index contributed by atoms with van der Waals surface area (Å²) in [4.78, 5) is 0. The van der Waals surface area contributed by atoms with Crippen LogP contribution >= 0.6 is 34.3 Å². The van der Waals surface area contributed by atoms with E-state index in [1.165, 1.54) is 20.5 Å². The van der Waals surface area contributed by atoms with Gasteiger partial charge in [-0.05, 0) is 54.6 Å². The minimum Gasteiger partial charge on any atom is -0.150 e. The van der Waals surface area contributed by atoms with Crippen molar-refractivity contribution >= 4 is 54.4 Å². The molecule has 0 N–H and O–H groups in total. The van der Waals surface area contributed by atoms with Crippen LogP contribution in [0.25, 0.3) is 9.40 Å². The van der Waals surface area contributed by atoms with Crippen molar-refractivity contribution in [2.75, 3.05) is 0 Å². The minimum absolute atomic E-state index is 0.711. The van der Waals surface area contributed by atoms with E-state index in [1.54, 1.807) is 22.7 Å². The number of hydrogen-bond donors (Lipinski definition) is 0. The maximum Gasteiger partial charge on any atom is 0.143 e. The van der Waals surface area contributed by atoms with Gasteiger partial charge in [-0.2, -0.15) is 0 Å². The number of nitrogens with zero attached hydrogens (tertiary/aromatic N) is 2. The summed E-state index contributed by atoms with van der Waals surface area (Å²) in [7, 11) is 0. The maximum absolute atomic E-state index is 5.84. The third-order valence-corrected chi connectivity index (χ3v) is 5.56. The van der Waals surface area contributed by atoms with Gasteiger partial charge in [-0.15, -0.1) is 32.9 Å². The van der Waals surface area contributed by atoms with Crippen LogP contribution in [0.2, 0.25) is 5.02 Å². The molecule has 2 heterocycles. The van der Waals surface area contributed by atoms with Crippen LogP contribution in [0.4, 0.5) is 10.7 Å². The molecule has 0 aliphatic carbocycles. The number of thiophene rings is 2. The summed E-state index contributed by atoms with van der Waals surface area (Å²) in [5, 5.41) is 13.8. The lowest BCUT2D eigenvalue weighted by molar-refractivity contribution is 1.24. The Morgan fingerprint density at radius 2 is 1.79 bits per heavy atom. The molecule has 0 atom stereocenters. The summed E-state index contributed by atoms with van der Waals surface area (Å²) >= 11 is 9.31. The van der Waals surface area contributed by atoms with Crippen molar-refractivity contribution in [1.82, 2.24) is 0 Å². The first kappa shape index (κ1) is 12.8. The van der Waals surface area contributed by atoms with Crippen LogP contribution in [0.15, 0.2) is 39.9 Å². The number of hydrogen-bond acceptors (Lipinski definition) is 4. The average Bonchev–Trinajstić information content (AvgIpc) is 2.91. The van der Waals surface area contributed by atoms with Gasteiger partial charge in [-0.3, -0.25) is 0 Å². The van der Waals surface area contributed by atoms with E-state index in [-0.39, 0.29) is 0 Å². The highest BCUT2D eigenvalue weighted by Gasteiger charge is 2.11. The van der Waals surface area contributed by atoms with Crippen molar-refractivity contribution < 1.29 is 0 Å². The predicted octanol–water partition coefficient (Wildman–Crippen LogP) is 6.65. The van der Waals surface area contributed by atoms with Gasteiger partial charge in [0.2, 0.25) is 0 Å². The molecular formula is C14H11ClN2S2. The Hall–Kier alpha value is -1.23. The molecule has 0 aliphatic heterocycles. The van der Waals surface area contributed by atoms with Crippen LogP contribution < -0.4 is 0 Å². The first-order valence-electron chi connectivity index (χ1n) is 5.79. The standard InChI is InChI=1S/C14H11ClN2S2/c1-8-7-18-14-12(8)9(2)13(19-14)17-16-11-5-3-10(15)4-6-11/h3-7H,1-2H3. The highest BCUT2D eigenvalue weighted by molar-refractivity contribution is 7.39. The Balaban J connectivity index is 1.96. The average molecular weight is 307 g/mol. The molecule has 0 spiro atoms. The fourth-order valence-corrected chi connectivity index (χ4v) is 4.38. The van der Waals surface area contributed by atoms with E-state index in [1.807, 2.05) is 24.3 Å². The molecule has 3 aromatic rings. The van der Waals surface area contributed by atoms with E-state index < -0.39 is 0 Å². The molecule has 0 fully saturated rings. The first-order chi connectivity index (χ1) is 9.15. The van der Waals surface area contributed by atoms with Gasteiger partial charge < -0.3 is 0 Å². The summed E-state index contributed by atoms with van der Waals surface area (Å²) in [6.45, 7) is 4.24. The normalized spacial score (nSPS) is 11.7. The molecule has 2 aromatic heterocycles. The topological polar surface area (TPSA) is 24.7 Å². The monoisotopic (exact) mass is 306 g/mol. The zero-order valence-electron chi connectivity index (χ0n) is 10.5. The van der Waals surface area contributed by atoms with Gasteiger partial charge in [0.15, 0.2) is 0 Å². The van der Waals surface area contributed by atoms with Crippen molar-refractivity contribution in [3.05, 3.63) is 45.8 Å². The fourth-order valence-electron chi connectivity index (χ4n) is 1.92. The van der Waals surface area contributed by atoms with Gasteiger partial charge in [-0.1, -0.05) is 11.6 Å². The number of halogens is 1. The lowest BCUT2D eigenvalue weighted by atomic mass is 10.2. The Morgan fingerprint density at radius 1 is 1.05 bits per heavy atom. The second-order valence-corrected chi connectivity index (χ2v) is 6.86. The summed E-state index contributed by atoms with van der Waals surface area (Å²) in [5.74, 6) is 0. The second kappa shape index (κ2) is 5.04. The van der Waals surface area contributed by atoms with Gasteiger partial charge in [0.25, 0.3) is 0 Å². The Bertz CT molecular complexity index is 754. The van der Waals surface area contributed by atoms with Crippen molar-refractivity contribution in [2.24, 2.45) is 10.2 Å². The molecule has 19 heavy (non-hydrogen) atoms. The molecule has 2 nitrogen and oxygen atoms in total. The molecule has 5 heteroatoms. The maximum atomic E-state index is 5.84. The highest BCUT2D eigenvalue weighted by atomic mass is 35.5. The largest absolute Gasteiger partial charge is 0.150 e. The molecule has 0 saturated carbocycles. The number of azo groups is 1. The van der Waals surface area contributed by atoms with Crippen molar-refractivity contribution in [1.29, 1.82) is 0 Å². The van der Waals surface area contributed by atoms with Gasteiger partial charge in [0, 0.05) is 10.4 Å². The van der Waals surface area contributed by atoms with Gasteiger partial charge in [0.05, 0.1) is 9.70 Å². The van der Waals surface area contributed by atoms with Crippen LogP contribution in [-0.4, -0.2) is 0 Å². The molecular weight excluding hydrogens is 296 g/mol. The van der Waals surface area contributed by atoms with Crippen molar-refractivity contribution in [3.8, 4) is 0 Å². The lowest BCUT2D eigenvalue weighted by Gasteiger charge is -1.93. The van der Waals surface area contributed by atoms with Gasteiger partial charge in [0.1, 0.15) is 5.00 Å². The zero-order valence-corrected chi connectivity index (χ0v) is 12.9. The highest BCUT2D eigenvalue weighted by Crippen LogP contribution is 2.42. The summed E-state index contributed by atoms with van der Waals surface area (Å²) in [6.07, 6.45) is 0. The van der Waals surface area contributed by atoms with Gasteiger partial charge in [-0.25, -0.2) is 0 Å². The third kappa shape index (κ3) is 2.43. The van der Waals surface area contributed by atoms with E-state index in [4.69, 9.17) is 11.6 Å². The number of fused-ring (bicyclic) bond motifs is 1. The first-order valence-corrected chi connectivity index (χ1v) is 7.87. The Labute approximate surface area is 124 Å². The van der Waals surface area contributed by atoms with Crippen LogP contribution in [0.5, 0.6) is 0 Å². The summed E-state index contributed by atoms with van der Waals surface area (Å²) in [6, 6.07) is 7.37. The molecule has 0 amide bonds. The van der Waals surface area contributed by atoms with Gasteiger partial charge >= 0.3 is 0 Å².